The summed E-state index contributed by atoms with van der Waals surface area (Å²) in [5.41, 5.74) is 5.17. The Morgan fingerprint density at radius 1 is 1.38 bits per heavy atom. The second-order valence-electron chi connectivity index (χ2n) is 4.69. The van der Waals surface area contributed by atoms with Gasteiger partial charge in [0.15, 0.2) is 0 Å². The standard InChI is InChI=1S/C11H15BrClN3O3S2/c12-11-8(13)6-10(20-11)21(18,19)16-3-1-2-15(4-5-16)7-9(14)17/h6H,1-5,7H2,(H2,14,17). The average molecular weight is 417 g/mol. The highest BCUT2D eigenvalue weighted by Crippen LogP contribution is 2.36. The van der Waals surface area contributed by atoms with Crippen LogP contribution in [0.15, 0.2) is 14.1 Å². The summed E-state index contributed by atoms with van der Waals surface area (Å²) in [6.45, 7) is 2.06. The second kappa shape index (κ2) is 6.93. The first-order valence-electron chi connectivity index (χ1n) is 6.26. The maximum atomic E-state index is 12.6. The number of halogens is 2. The fourth-order valence-corrected chi connectivity index (χ4v) is 6.17. The molecule has 1 fully saturated rings. The van der Waals surface area contributed by atoms with Gasteiger partial charge in [-0.15, -0.1) is 11.3 Å². The van der Waals surface area contributed by atoms with Crippen LogP contribution in [0.3, 0.4) is 0 Å². The zero-order valence-corrected chi connectivity index (χ0v) is 15.1. The minimum Gasteiger partial charge on any atom is -0.369 e. The molecule has 0 saturated carbocycles. The molecule has 21 heavy (non-hydrogen) atoms. The lowest BCUT2D eigenvalue weighted by Crippen LogP contribution is -2.38. The summed E-state index contributed by atoms with van der Waals surface area (Å²) in [6, 6.07) is 1.46. The van der Waals surface area contributed by atoms with Crippen LogP contribution in [0.1, 0.15) is 6.42 Å². The molecule has 2 heterocycles. The minimum atomic E-state index is -3.54. The molecule has 0 atom stereocenters. The van der Waals surface area contributed by atoms with Crippen molar-refractivity contribution in [1.82, 2.24) is 9.21 Å². The highest BCUT2D eigenvalue weighted by molar-refractivity contribution is 9.11. The van der Waals surface area contributed by atoms with Crippen LogP contribution in [0, 0.1) is 0 Å². The molecule has 1 saturated heterocycles. The van der Waals surface area contributed by atoms with Crippen molar-refractivity contribution in [1.29, 1.82) is 0 Å². The third-order valence-corrected chi connectivity index (χ3v) is 7.97. The fourth-order valence-electron chi connectivity index (χ4n) is 2.15. The van der Waals surface area contributed by atoms with E-state index in [1.165, 1.54) is 10.4 Å². The molecule has 0 spiro atoms. The van der Waals surface area contributed by atoms with E-state index in [9.17, 15) is 13.2 Å². The average Bonchev–Trinajstić information content (AvgIpc) is 2.62. The van der Waals surface area contributed by atoms with E-state index in [1.807, 2.05) is 4.90 Å². The summed E-state index contributed by atoms with van der Waals surface area (Å²) in [5, 5.41) is 0.392. The SMILES string of the molecule is NC(=O)CN1CCCN(S(=O)(=O)c2cc(Cl)c(Br)s2)CC1. The summed E-state index contributed by atoms with van der Waals surface area (Å²) in [4.78, 5) is 12.8. The maximum Gasteiger partial charge on any atom is 0.252 e. The van der Waals surface area contributed by atoms with Crippen molar-refractivity contribution >= 4 is 54.8 Å². The molecule has 0 aliphatic carbocycles. The molecule has 1 amide bonds. The Hall–Kier alpha value is -0.190. The summed E-state index contributed by atoms with van der Waals surface area (Å²) in [6.07, 6.45) is 0.660. The molecular formula is C11H15BrClN3O3S2. The molecule has 1 aliphatic rings. The maximum absolute atomic E-state index is 12.6. The van der Waals surface area contributed by atoms with Gasteiger partial charge in [-0.25, -0.2) is 8.42 Å². The van der Waals surface area contributed by atoms with E-state index in [4.69, 9.17) is 17.3 Å². The molecule has 2 rings (SSSR count). The zero-order chi connectivity index (χ0) is 15.6. The van der Waals surface area contributed by atoms with E-state index in [-0.39, 0.29) is 10.8 Å². The summed E-state index contributed by atoms with van der Waals surface area (Å²) in [5.74, 6) is -0.403. The smallest absolute Gasteiger partial charge is 0.252 e. The van der Waals surface area contributed by atoms with Crippen LogP contribution in [0.5, 0.6) is 0 Å². The summed E-state index contributed by atoms with van der Waals surface area (Å²) >= 11 is 10.2. The van der Waals surface area contributed by atoms with Gasteiger partial charge in [0.1, 0.15) is 4.21 Å². The number of carbonyl (C=O) groups excluding carboxylic acids is 1. The quantitative estimate of drug-likeness (QED) is 0.803. The first-order valence-corrected chi connectivity index (χ1v) is 9.69. The molecular weight excluding hydrogens is 402 g/mol. The van der Waals surface area contributed by atoms with Gasteiger partial charge in [-0.1, -0.05) is 11.6 Å². The Morgan fingerprint density at radius 2 is 2.10 bits per heavy atom. The van der Waals surface area contributed by atoms with E-state index in [0.29, 0.717) is 41.4 Å². The van der Waals surface area contributed by atoms with Gasteiger partial charge in [-0.05, 0) is 35.0 Å². The Morgan fingerprint density at radius 3 is 2.67 bits per heavy atom. The lowest BCUT2D eigenvalue weighted by Gasteiger charge is -2.20. The highest BCUT2D eigenvalue weighted by Gasteiger charge is 2.29. The van der Waals surface area contributed by atoms with Crippen LogP contribution in [-0.2, 0) is 14.8 Å². The third-order valence-electron chi connectivity index (χ3n) is 3.14. The number of hydrogen-bond donors (Lipinski definition) is 1. The summed E-state index contributed by atoms with van der Waals surface area (Å²) < 4.78 is 27.4. The lowest BCUT2D eigenvalue weighted by atomic mass is 10.4. The molecule has 0 radical (unpaired) electrons. The number of nitrogens with zero attached hydrogens (tertiary/aromatic N) is 2. The molecule has 10 heteroatoms. The fraction of sp³-hybridized carbons (Fsp3) is 0.545. The topological polar surface area (TPSA) is 83.7 Å². The van der Waals surface area contributed by atoms with Gasteiger partial charge < -0.3 is 5.73 Å². The third kappa shape index (κ3) is 4.17. The van der Waals surface area contributed by atoms with E-state index < -0.39 is 15.9 Å². The first-order chi connectivity index (χ1) is 9.80. The molecule has 1 aliphatic heterocycles. The Balaban J connectivity index is 2.12. The van der Waals surface area contributed by atoms with Gasteiger partial charge in [0.25, 0.3) is 10.0 Å². The van der Waals surface area contributed by atoms with Crippen LogP contribution in [0.2, 0.25) is 5.02 Å². The van der Waals surface area contributed by atoms with E-state index in [1.54, 1.807) is 0 Å². The van der Waals surface area contributed by atoms with E-state index in [2.05, 4.69) is 15.9 Å². The predicted molar refractivity (Wildman–Crippen MR) is 86.0 cm³/mol. The number of amides is 1. The van der Waals surface area contributed by atoms with E-state index >= 15 is 0 Å². The Labute approximate surface area is 141 Å². The predicted octanol–water partition coefficient (Wildman–Crippen LogP) is 1.35. The normalized spacial score (nSPS) is 18.6. The molecule has 1 aromatic rings. The number of sulfonamides is 1. The van der Waals surface area contributed by atoms with Crippen LogP contribution in [-0.4, -0.2) is 56.3 Å². The van der Waals surface area contributed by atoms with Crippen molar-refractivity contribution in [3.05, 3.63) is 14.9 Å². The van der Waals surface area contributed by atoms with Crippen LogP contribution in [0.25, 0.3) is 0 Å². The number of carbonyl (C=O) groups is 1. The minimum absolute atomic E-state index is 0.157. The summed E-state index contributed by atoms with van der Waals surface area (Å²) in [7, 11) is -3.54. The van der Waals surface area contributed by atoms with Crippen molar-refractivity contribution in [3.63, 3.8) is 0 Å². The first kappa shape index (κ1) is 17.2. The number of rotatable bonds is 4. The van der Waals surface area contributed by atoms with Gasteiger partial charge in [0, 0.05) is 19.6 Å². The molecule has 0 aromatic carbocycles. The Kier molecular flexibility index (Phi) is 5.66. The number of primary amides is 1. The molecule has 2 N–H and O–H groups in total. The van der Waals surface area contributed by atoms with Gasteiger partial charge in [0.05, 0.1) is 15.4 Å². The number of hydrogen-bond acceptors (Lipinski definition) is 5. The van der Waals surface area contributed by atoms with Gasteiger partial charge in [-0.3, -0.25) is 9.69 Å². The van der Waals surface area contributed by atoms with Gasteiger partial charge >= 0.3 is 0 Å². The van der Waals surface area contributed by atoms with Crippen LogP contribution in [0.4, 0.5) is 0 Å². The number of nitrogens with two attached hydrogens (primary N) is 1. The molecule has 0 bridgehead atoms. The molecule has 0 unspecified atom stereocenters. The monoisotopic (exact) mass is 415 g/mol. The van der Waals surface area contributed by atoms with Crippen molar-refractivity contribution in [2.75, 3.05) is 32.7 Å². The van der Waals surface area contributed by atoms with Crippen molar-refractivity contribution in [2.45, 2.75) is 10.6 Å². The van der Waals surface area contributed by atoms with Gasteiger partial charge in [0.2, 0.25) is 5.91 Å². The highest BCUT2D eigenvalue weighted by atomic mass is 79.9. The van der Waals surface area contributed by atoms with Gasteiger partial charge in [-0.2, -0.15) is 4.31 Å². The largest absolute Gasteiger partial charge is 0.369 e. The second-order valence-corrected chi connectivity index (χ2v) is 9.63. The van der Waals surface area contributed by atoms with Crippen molar-refractivity contribution < 1.29 is 13.2 Å². The number of thiophene rings is 1. The molecule has 118 valence electrons. The van der Waals surface area contributed by atoms with Crippen LogP contribution >= 0.6 is 38.9 Å². The zero-order valence-electron chi connectivity index (χ0n) is 11.1. The Bertz CT molecular complexity index is 615. The molecule has 1 aromatic heterocycles. The van der Waals surface area contributed by atoms with Crippen molar-refractivity contribution in [3.8, 4) is 0 Å². The van der Waals surface area contributed by atoms with Crippen LogP contribution < -0.4 is 5.73 Å². The molecule has 6 nitrogen and oxygen atoms in total. The lowest BCUT2D eigenvalue weighted by molar-refractivity contribution is -0.119. The van der Waals surface area contributed by atoms with Crippen molar-refractivity contribution in [2.24, 2.45) is 5.73 Å². The van der Waals surface area contributed by atoms with E-state index in [0.717, 1.165) is 11.3 Å².